The Bertz CT molecular complexity index is 1150. The SMILES string of the molecule is CC(C)=CCCCC1CCC2C3=C(CCC12C)C1(C)CCC(OP(N)(=O)Oc2ccccc2)C(C)(C)C1CC3. The van der Waals surface area contributed by atoms with Gasteiger partial charge < -0.3 is 4.52 Å². The van der Waals surface area contributed by atoms with E-state index in [4.69, 9.17) is 14.6 Å². The number of fused-ring (bicyclic) bond motifs is 4. The molecular weight excluding hydrogens is 501 g/mol. The first-order valence-corrected chi connectivity index (χ1v) is 17.2. The number of benzene rings is 1. The van der Waals surface area contributed by atoms with Gasteiger partial charge in [-0.2, -0.15) is 0 Å². The minimum atomic E-state index is -3.72. The first-order valence-electron chi connectivity index (χ1n) is 15.5. The number of nitrogens with two attached hydrogens (primary N) is 1. The fourth-order valence-corrected chi connectivity index (χ4v) is 10.8. The van der Waals surface area contributed by atoms with Gasteiger partial charge in [0.15, 0.2) is 0 Å². The smallest absolute Gasteiger partial charge is 0.413 e. The van der Waals surface area contributed by atoms with Crippen molar-refractivity contribution in [3.63, 3.8) is 0 Å². The average Bonchev–Trinajstić information content (AvgIpc) is 3.20. The van der Waals surface area contributed by atoms with E-state index in [-0.39, 0.29) is 16.9 Å². The first-order chi connectivity index (χ1) is 18.4. The zero-order valence-corrected chi connectivity index (χ0v) is 26.2. The maximum absolute atomic E-state index is 13.2. The van der Waals surface area contributed by atoms with Crippen LogP contribution >= 0.6 is 7.75 Å². The molecule has 1 aromatic carbocycles. The van der Waals surface area contributed by atoms with Crippen molar-refractivity contribution in [3.05, 3.63) is 53.1 Å². The van der Waals surface area contributed by atoms with E-state index in [2.05, 4.69) is 47.6 Å². The lowest BCUT2D eigenvalue weighted by Gasteiger charge is -2.60. The molecule has 0 aliphatic heterocycles. The lowest BCUT2D eigenvalue weighted by Crippen LogP contribution is -2.54. The molecule has 0 heterocycles. The van der Waals surface area contributed by atoms with Gasteiger partial charge in [-0.3, -0.25) is 4.52 Å². The third-order valence-electron chi connectivity index (χ3n) is 11.6. The summed E-state index contributed by atoms with van der Waals surface area (Å²) in [7, 11) is -3.72. The van der Waals surface area contributed by atoms with E-state index in [9.17, 15) is 4.57 Å². The minimum absolute atomic E-state index is 0.134. The van der Waals surface area contributed by atoms with Crippen molar-refractivity contribution in [2.75, 3.05) is 0 Å². The van der Waals surface area contributed by atoms with Crippen molar-refractivity contribution in [3.8, 4) is 5.75 Å². The molecule has 2 fully saturated rings. The third-order valence-corrected chi connectivity index (χ3v) is 12.6. The van der Waals surface area contributed by atoms with Crippen molar-refractivity contribution in [2.24, 2.45) is 39.5 Å². The van der Waals surface area contributed by atoms with Crippen LogP contribution in [0, 0.1) is 34.0 Å². The molecule has 2 saturated carbocycles. The van der Waals surface area contributed by atoms with E-state index in [0.717, 1.165) is 24.7 Å². The Morgan fingerprint density at radius 2 is 1.77 bits per heavy atom. The van der Waals surface area contributed by atoms with Gasteiger partial charge >= 0.3 is 7.75 Å². The zero-order chi connectivity index (χ0) is 28.1. The van der Waals surface area contributed by atoms with Crippen molar-refractivity contribution in [2.45, 2.75) is 118 Å². The minimum Gasteiger partial charge on any atom is -0.413 e. The molecule has 4 aliphatic rings. The fourth-order valence-electron chi connectivity index (χ4n) is 9.62. The van der Waals surface area contributed by atoms with Gasteiger partial charge in [0.25, 0.3) is 0 Å². The van der Waals surface area contributed by atoms with E-state index in [1.165, 1.54) is 63.4 Å². The Labute approximate surface area is 237 Å². The first kappa shape index (κ1) is 29.2. The van der Waals surface area contributed by atoms with Crippen molar-refractivity contribution < 1.29 is 13.6 Å². The standard InChI is InChI=1S/C34H52NO3P/c1-24(2)12-10-11-13-25-16-18-28-27-17-19-30-32(3,4)31(38-39(35,36)37-26-14-8-7-9-15-26)21-23-34(30,6)29(27)20-22-33(25,28)5/h7-9,12,14-15,25,28,30-31H,10-11,13,16-23H2,1-6H3,(H2,35,36). The van der Waals surface area contributed by atoms with Gasteiger partial charge in [-0.05, 0) is 131 Å². The zero-order valence-electron chi connectivity index (χ0n) is 25.3. The van der Waals surface area contributed by atoms with Crippen LogP contribution in [0.1, 0.15) is 112 Å². The van der Waals surface area contributed by atoms with Crippen LogP contribution in [-0.4, -0.2) is 6.10 Å². The van der Waals surface area contributed by atoms with Crippen LogP contribution in [0.25, 0.3) is 0 Å². The highest BCUT2D eigenvalue weighted by molar-refractivity contribution is 7.51. The number of para-hydroxylation sites is 1. The van der Waals surface area contributed by atoms with E-state index in [1.54, 1.807) is 17.7 Å². The molecule has 0 radical (unpaired) electrons. The van der Waals surface area contributed by atoms with Gasteiger partial charge in [-0.15, -0.1) is 0 Å². The maximum atomic E-state index is 13.2. The quantitative estimate of drug-likeness (QED) is 0.198. The highest BCUT2D eigenvalue weighted by Gasteiger charge is 2.59. The second kappa shape index (κ2) is 10.8. The molecule has 0 spiro atoms. The van der Waals surface area contributed by atoms with Gasteiger partial charge in [0.2, 0.25) is 0 Å². The number of hydrogen-bond acceptors (Lipinski definition) is 3. The highest BCUT2D eigenvalue weighted by Crippen LogP contribution is 2.68. The molecule has 2 N–H and O–H groups in total. The molecular formula is C34H52NO3P. The molecule has 216 valence electrons. The van der Waals surface area contributed by atoms with Crippen molar-refractivity contribution in [1.29, 1.82) is 0 Å². The van der Waals surface area contributed by atoms with Crippen LogP contribution in [0.5, 0.6) is 5.75 Å². The molecule has 39 heavy (non-hydrogen) atoms. The summed E-state index contributed by atoms with van der Waals surface area (Å²) in [6.45, 7) is 14.2. The molecule has 4 aliphatic carbocycles. The van der Waals surface area contributed by atoms with Crippen LogP contribution in [0.4, 0.5) is 0 Å². The molecule has 7 unspecified atom stereocenters. The molecule has 1 aromatic rings. The summed E-state index contributed by atoms with van der Waals surface area (Å²) >= 11 is 0. The molecule has 5 heteroatoms. The Hall–Kier alpha value is -1.35. The van der Waals surface area contributed by atoms with Gasteiger partial charge in [0.1, 0.15) is 5.75 Å². The molecule has 0 saturated heterocycles. The Kier molecular flexibility index (Phi) is 8.08. The fraction of sp³-hybridized carbons (Fsp3) is 0.706. The van der Waals surface area contributed by atoms with Crippen molar-refractivity contribution in [1.82, 2.24) is 0 Å². The topological polar surface area (TPSA) is 61.5 Å². The molecule has 7 atom stereocenters. The predicted octanol–water partition coefficient (Wildman–Crippen LogP) is 10.0. The number of unbranched alkanes of at least 4 members (excludes halogenated alkanes) is 1. The van der Waals surface area contributed by atoms with Crippen LogP contribution in [0.15, 0.2) is 53.1 Å². The summed E-state index contributed by atoms with van der Waals surface area (Å²) in [6.07, 6.45) is 15.9. The average molecular weight is 554 g/mol. The van der Waals surface area contributed by atoms with Crippen LogP contribution in [0.3, 0.4) is 0 Å². The largest absolute Gasteiger partial charge is 0.456 e. The normalized spacial score (nSPS) is 36.8. The van der Waals surface area contributed by atoms with Gasteiger partial charge in [0, 0.05) is 0 Å². The Morgan fingerprint density at radius 1 is 1.03 bits per heavy atom. The lowest BCUT2D eigenvalue weighted by molar-refractivity contribution is -0.0836. The lowest BCUT2D eigenvalue weighted by atomic mass is 9.46. The van der Waals surface area contributed by atoms with Gasteiger partial charge in [0.05, 0.1) is 6.10 Å². The summed E-state index contributed by atoms with van der Waals surface area (Å²) in [5.41, 5.74) is 11.8. The highest BCUT2D eigenvalue weighted by atomic mass is 31.2. The molecule has 0 aromatic heterocycles. The number of allylic oxidation sites excluding steroid dienone is 4. The third kappa shape index (κ3) is 5.47. The number of hydrogen-bond donors (Lipinski definition) is 1. The second-order valence-corrected chi connectivity index (χ2v) is 15.9. The molecule has 0 bridgehead atoms. The van der Waals surface area contributed by atoms with E-state index < -0.39 is 7.75 Å². The predicted molar refractivity (Wildman–Crippen MR) is 161 cm³/mol. The summed E-state index contributed by atoms with van der Waals surface area (Å²) in [5.74, 6) is 2.63. The van der Waals surface area contributed by atoms with Crippen LogP contribution in [0.2, 0.25) is 0 Å². The van der Waals surface area contributed by atoms with Gasteiger partial charge in [-0.25, -0.2) is 10.1 Å². The summed E-state index contributed by atoms with van der Waals surface area (Å²) < 4.78 is 25.1. The van der Waals surface area contributed by atoms with Crippen molar-refractivity contribution >= 4 is 7.75 Å². The summed E-state index contributed by atoms with van der Waals surface area (Å²) in [5, 5.41) is 0. The summed E-state index contributed by atoms with van der Waals surface area (Å²) in [6, 6.07) is 9.15. The van der Waals surface area contributed by atoms with E-state index in [1.807, 2.05) is 23.8 Å². The summed E-state index contributed by atoms with van der Waals surface area (Å²) in [4.78, 5) is 0. The van der Waals surface area contributed by atoms with E-state index >= 15 is 0 Å². The van der Waals surface area contributed by atoms with Crippen LogP contribution < -0.4 is 10.0 Å². The monoisotopic (exact) mass is 553 g/mol. The molecule has 5 rings (SSSR count). The van der Waals surface area contributed by atoms with E-state index in [0.29, 0.717) is 17.1 Å². The molecule has 0 amide bonds. The molecule has 4 nitrogen and oxygen atoms in total. The van der Waals surface area contributed by atoms with Gasteiger partial charge in [-0.1, -0.05) is 68.7 Å². The number of rotatable bonds is 8. The maximum Gasteiger partial charge on any atom is 0.456 e. The Morgan fingerprint density at radius 3 is 2.49 bits per heavy atom. The second-order valence-electron chi connectivity index (χ2n) is 14.5. The Balaban J connectivity index is 1.31. The van der Waals surface area contributed by atoms with Crippen LogP contribution in [-0.2, 0) is 9.09 Å².